The molecule has 0 heterocycles. The van der Waals surface area contributed by atoms with Crippen molar-refractivity contribution in [3.05, 3.63) is 34.6 Å². The Morgan fingerprint density at radius 2 is 2.16 bits per heavy atom. The lowest BCUT2D eigenvalue weighted by Crippen LogP contribution is -2.43. The van der Waals surface area contributed by atoms with Crippen molar-refractivity contribution in [3.8, 4) is 0 Å². The molecule has 0 aliphatic heterocycles. The van der Waals surface area contributed by atoms with E-state index in [4.69, 9.17) is 11.6 Å². The molecule has 0 spiro atoms. The first kappa shape index (κ1) is 14.3. The molecule has 5 heteroatoms. The molecule has 0 aromatic heterocycles. The first-order chi connectivity index (χ1) is 9.13. The third-order valence-corrected chi connectivity index (χ3v) is 3.95. The Balaban J connectivity index is 2.09. The summed E-state index contributed by atoms with van der Waals surface area (Å²) in [7, 11) is 0. The molecule has 1 aromatic carbocycles. The SMILES string of the molecule is O=C(NC1CCCCC1CO)c1cccc(Cl)c1F. The van der Waals surface area contributed by atoms with Gasteiger partial charge in [0.05, 0.1) is 10.6 Å². The van der Waals surface area contributed by atoms with Crippen molar-refractivity contribution in [1.82, 2.24) is 5.32 Å². The molecule has 1 saturated carbocycles. The Labute approximate surface area is 116 Å². The average Bonchev–Trinajstić information content (AvgIpc) is 2.42. The third-order valence-electron chi connectivity index (χ3n) is 3.66. The van der Waals surface area contributed by atoms with E-state index in [9.17, 15) is 14.3 Å². The van der Waals surface area contributed by atoms with Gasteiger partial charge in [-0.1, -0.05) is 30.5 Å². The molecule has 1 aliphatic rings. The topological polar surface area (TPSA) is 49.3 Å². The van der Waals surface area contributed by atoms with Crippen molar-refractivity contribution >= 4 is 17.5 Å². The number of benzene rings is 1. The van der Waals surface area contributed by atoms with Crippen LogP contribution in [0.15, 0.2) is 18.2 Å². The van der Waals surface area contributed by atoms with Gasteiger partial charge < -0.3 is 10.4 Å². The fourth-order valence-electron chi connectivity index (χ4n) is 2.54. The molecule has 2 unspecified atom stereocenters. The second-order valence-electron chi connectivity index (χ2n) is 4.91. The molecular weight excluding hydrogens is 269 g/mol. The van der Waals surface area contributed by atoms with Gasteiger partial charge in [0.2, 0.25) is 0 Å². The number of aliphatic hydroxyl groups excluding tert-OH is 1. The van der Waals surface area contributed by atoms with E-state index >= 15 is 0 Å². The van der Waals surface area contributed by atoms with E-state index in [1.807, 2.05) is 0 Å². The first-order valence-corrected chi connectivity index (χ1v) is 6.87. The minimum absolute atomic E-state index is 0.0446. The van der Waals surface area contributed by atoms with Gasteiger partial charge in [-0.05, 0) is 25.0 Å². The Morgan fingerprint density at radius 3 is 2.89 bits per heavy atom. The van der Waals surface area contributed by atoms with Crippen molar-refractivity contribution in [2.24, 2.45) is 5.92 Å². The number of carbonyl (C=O) groups excluding carboxylic acids is 1. The van der Waals surface area contributed by atoms with E-state index < -0.39 is 11.7 Å². The van der Waals surface area contributed by atoms with Crippen LogP contribution in [0.4, 0.5) is 4.39 Å². The molecule has 19 heavy (non-hydrogen) atoms. The predicted molar refractivity (Wildman–Crippen MR) is 71.7 cm³/mol. The van der Waals surface area contributed by atoms with Gasteiger partial charge in [-0.3, -0.25) is 4.79 Å². The number of carbonyl (C=O) groups is 1. The number of amides is 1. The number of hydrogen-bond donors (Lipinski definition) is 2. The van der Waals surface area contributed by atoms with Crippen LogP contribution in [0.2, 0.25) is 5.02 Å². The van der Waals surface area contributed by atoms with Crippen molar-refractivity contribution in [3.63, 3.8) is 0 Å². The van der Waals surface area contributed by atoms with E-state index in [0.29, 0.717) is 0 Å². The lowest BCUT2D eigenvalue weighted by molar-refractivity contribution is 0.0868. The zero-order valence-electron chi connectivity index (χ0n) is 10.5. The van der Waals surface area contributed by atoms with Gasteiger partial charge in [0.1, 0.15) is 0 Å². The van der Waals surface area contributed by atoms with E-state index in [-0.39, 0.29) is 29.2 Å². The maximum Gasteiger partial charge on any atom is 0.254 e. The van der Waals surface area contributed by atoms with Gasteiger partial charge in [0.25, 0.3) is 5.91 Å². The fourth-order valence-corrected chi connectivity index (χ4v) is 2.72. The van der Waals surface area contributed by atoms with Gasteiger partial charge in [0.15, 0.2) is 5.82 Å². The van der Waals surface area contributed by atoms with Crippen LogP contribution in [0.25, 0.3) is 0 Å². The van der Waals surface area contributed by atoms with Crippen LogP contribution in [0.1, 0.15) is 36.0 Å². The smallest absolute Gasteiger partial charge is 0.254 e. The first-order valence-electron chi connectivity index (χ1n) is 6.49. The highest BCUT2D eigenvalue weighted by Gasteiger charge is 2.27. The average molecular weight is 286 g/mol. The summed E-state index contributed by atoms with van der Waals surface area (Å²) >= 11 is 5.66. The zero-order valence-corrected chi connectivity index (χ0v) is 11.3. The van der Waals surface area contributed by atoms with Crippen LogP contribution >= 0.6 is 11.6 Å². The Kier molecular flexibility index (Phi) is 4.77. The monoisotopic (exact) mass is 285 g/mol. The van der Waals surface area contributed by atoms with E-state index in [1.54, 1.807) is 6.07 Å². The summed E-state index contributed by atoms with van der Waals surface area (Å²) in [4.78, 5) is 12.1. The summed E-state index contributed by atoms with van der Waals surface area (Å²) in [6.45, 7) is 0.0446. The van der Waals surface area contributed by atoms with Crippen molar-refractivity contribution in [1.29, 1.82) is 0 Å². The van der Waals surface area contributed by atoms with Gasteiger partial charge in [-0.25, -0.2) is 4.39 Å². The molecule has 0 saturated heterocycles. The highest BCUT2D eigenvalue weighted by molar-refractivity contribution is 6.31. The summed E-state index contributed by atoms with van der Waals surface area (Å²) in [5, 5.41) is 12.0. The fraction of sp³-hybridized carbons (Fsp3) is 0.500. The normalized spacial score (nSPS) is 23.1. The summed E-state index contributed by atoms with van der Waals surface area (Å²) in [6.07, 6.45) is 3.78. The molecule has 3 nitrogen and oxygen atoms in total. The molecule has 0 radical (unpaired) electrons. The standard InChI is InChI=1S/C14H17ClFNO2/c15-11-6-3-5-10(13(11)16)14(19)17-12-7-2-1-4-9(12)8-18/h3,5-6,9,12,18H,1-2,4,7-8H2,(H,17,19). The molecule has 2 rings (SSSR count). The van der Waals surface area contributed by atoms with Crippen LogP contribution < -0.4 is 5.32 Å². The van der Waals surface area contributed by atoms with E-state index in [2.05, 4.69) is 5.32 Å². The molecule has 1 aliphatic carbocycles. The second-order valence-corrected chi connectivity index (χ2v) is 5.32. The molecule has 2 atom stereocenters. The molecule has 1 aromatic rings. The quantitative estimate of drug-likeness (QED) is 0.897. The number of rotatable bonds is 3. The second kappa shape index (κ2) is 6.35. The highest BCUT2D eigenvalue weighted by atomic mass is 35.5. The highest BCUT2D eigenvalue weighted by Crippen LogP contribution is 2.25. The van der Waals surface area contributed by atoms with Gasteiger partial charge >= 0.3 is 0 Å². The predicted octanol–water partition coefficient (Wildman–Crippen LogP) is 2.76. The molecule has 1 amide bonds. The number of hydrogen-bond acceptors (Lipinski definition) is 2. The van der Waals surface area contributed by atoms with Gasteiger partial charge in [-0.2, -0.15) is 0 Å². The lowest BCUT2D eigenvalue weighted by atomic mass is 9.85. The van der Waals surface area contributed by atoms with Crippen molar-refractivity contribution in [2.45, 2.75) is 31.7 Å². The lowest BCUT2D eigenvalue weighted by Gasteiger charge is -2.30. The minimum Gasteiger partial charge on any atom is -0.396 e. The van der Waals surface area contributed by atoms with Crippen LogP contribution in [-0.4, -0.2) is 23.7 Å². The van der Waals surface area contributed by atoms with Crippen LogP contribution in [0.3, 0.4) is 0 Å². The number of aliphatic hydroxyl groups is 1. The molecule has 0 bridgehead atoms. The summed E-state index contributed by atoms with van der Waals surface area (Å²) in [6, 6.07) is 4.27. The van der Waals surface area contributed by atoms with Gasteiger partial charge in [0, 0.05) is 18.6 Å². The summed E-state index contributed by atoms with van der Waals surface area (Å²) < 4.78 is 13.7. The summed E-state index contributed by atoms with van der Waals surface area (Å²) in [5.74, 6) is -1.11. The van der Waals surface area contributed by atoms with Crippen LogP contribution in [0.5, 0.6) is 0 Å². The summed E-state index contributed by atoms with van der Waals surface area (Å²) in [5.41, 5.74) is -0.0465. The molecule has 104 valence electrons. The maximum absolute atomic E-state index is 13.7. The number of halogens is 2. The zero-order chi connectivity index (χ0) is 13.8. The third kappa shape index (κ3) is 3.25. The largest absolute Gasteiger partial charge is 0.396 e. The Morgan fingerprint density at radius 1 is 1.42 bits per heavy atom. The van der Waals surface area contributed by atoms with E-state index in [0.717, 1.165) is 25.7 Å². The van der Waals surface area contributed by atoms with Crippen molar-refractivity contribution < 1.29 is 14.3 Å². The maximum atomic E-state index is 13.7. The van der Waals surface area contributed by atoms with E-state index in [1.165, 1.54) is 12.1 Å². The minimum atomic E-state index is -0.696. The molecular formula is C14H17ClFNO2. The Hall–Kier alpha value is -1.13. The molecule has 2 N–H and O–H groups in total. The van der Waals surface area contributed by atoms with Gasteiger partial charge in [-0.15, -0.1) is 0 Å². The van der Waals surface area contributed by atoms with Crippen LogP contribution in [-0.2, 0) is 0 Å². The Bertz CT molecular complexity index is 467. The van der Waals surface area contributed by atoms with Crippen LogP contribution in [0, 0.1) is 11.7 Å². The van der Waals surface area contributed by atoms with Crippen molar-refractivity contribution in [2.75, 3.05) is 6.61 Å². The molecule has 1 fully saturated rings. The number of nitrogens with one attached hydrogen (secondary N) is 1.